The van der Waals surface area contributed by atoms with Gasteiger partial charge in [-0.3, -0.25) is 0 Å². The Kier molecular flexibility index (Phi) is 5.17. The van der Waals surface area contributed by atoms with Gasteiger partial charge in [0, 0.05) is 10.0 Å². The van der Waals surface area contributed by atoms with Crippen LogP contribution in [0.5, 0.6) is 0 Å². The van der Waals surface area contributed by atoms with E-state index in [-0.39, 0.29) is 5.88 Å². The highest BCUT2D eigenvalue weighted by Crippen LogP contribution is 2.32. The summed E-state index contributed by atoms with van der Waals surface area (Å²) in [6.07, 6.45) is -0.768. The van der Waals surface area contributed by atoms with Crippen LogP contribution < -0.4 is 5.73 Å². The van der Waals surface area contributed by atoms with Gasteiger partial charge in [-0.2, -0.15) is 0 Å². The molecule has 5 heteroatoms. The minimum atomic E-state index is -0.768. The number of aliphatic imine (C=N–C) groups is 1. The lowest BCUT2D eigenvalue weighted by Crippen LogP contribution is -2.12. The van der Waals surface area contributed by atoms with E-state index < -0.39 is 6.10 Å². The number of nitrogens with two attached hydrogens (primary N) is 1. The molecule has 0 aliphatic rings. The van der Waals surface area contributed by atoms with E-state index in [9.17, 15) is 5.11 Å². The molecule has 0 heterocycles. The normalized spacial score (nSPS) is 13.2. The standard InChI is InChI=1S/C15H14BrClN2O/c16-11-6-7-13(19-14(18)9-17)12(8-11)15(20)10-4-2-1-3-5-10/h1-8,15,20H,9H2,(H2,18,19). The molecule has 20 heavy (non-hydrogen) atoms. The molecule has 0 aliphatic carbocycles. The van der Waals surface area contributed by atoms with Gasteiger partial charge in [0.25, 0.3) is 0 Å². The van der Waals surface area contributed by atoms with Crippen molar-refractivity contribution in [2.24, 2.45) is 10.7 Å². The Morgan fingerprint density at radius 2 is 1.95 bits per heavy atom. The zero-order chi connectivity index (χ0) is 14.5. The van der Waals surface area contributed by atoms with Crippen LogP contribution in [0.2, 0.25) is 0 Å². The predicted octanol–water partition coefficient (Wildman–Crippen LogP) is 3.76. The second-order valence-electron chi connectivity index (χ2n) is 4.25. The van der Waals surface area contributed by atoms with Gasteiger partial charge in [-0.25, -0.2) is 4.99 Å². The first-order valence-electron chi connectivity index (χ1n) is 6.03. The fourth-order valence-corrected chi connectivity index (χ4v) is 2.28. The maximum absolute atomic E-state index is 10.5. The molecular formula is C15H14BrClN2O. The van der Waals surface area contributed by atoms with E-state index in [1.807, 2.05) is 42.5 Å². The lowest BCUT2D eigenvalue weighted by molar-refractivity contribution is 0.221. The highest BCUT2D eigenvalue weighted by atomic mass is 79.9. The topological polar surface area (TPSA) is 58.6 Å². The summed E-state index contributed by atoms with van der Waals surface area (Å²) in [5, 5.41) is 10.5. The summed E-state index contributed by atoms with van der Waals surface area (Å²) in [4.78, 5) is 4.25. The molecule has 0 fully saturated rings. The van der Waals surface area contributed by atoms with E-state index >= 15 is 0 Å². The van der Waals surface area contributed by atoms with Crippen molar-refractivity contribution < 1.29 is 5.11 Å². The third kappa shape index (κ3) is 3.60. The number of benzene rings is 2. The summed E-state index contributed by atoms with van der Waals surface area (Å²) < 4.78 is 0.867. The third-order valence-corrected chi connectivity index (χ3v) is 3.57. The molecular weight excluding hydrogens is 340 g/mol. The summed E-state index contributed by atoms with van der Waals surface area (Å²) in [5.74, 6) is 0.465. The van der Waals surface area contributed by atoms with Crippen LogP contribution in [0.3, 0.4) is 0 Å². The second-order valence-corrected chi connectivity index (χ2v) is 5.44. The number of alkyl halides is 1. The molecule has 3 nitrogen and oxygen atoms in total. The fraction of sp³-hybridized carbons (Fsp3) is 0.133. The van der Waals surface area contributed by atoms with E-state index in [2.05, 4.69) is 20.9 Å². The van der Waals surface area contributed by atoms with E-state index in [0.29, 0.717) is 17.1 Å². The highest BCUT2D eigenvalue weighted by Gasteiger charge is 2.15. The molecule has 2 aromatic rings. The maximum atomic E-state index is 10.5. The summed E-state index contributed by atoms with van der Waals surface area (Å²) >= 11 is 9.06. The molecule has 0 amide bonds. The molecule has 1 atom stereocenters. The van der Waals surface area contributed by atoms with Crippen molar-refractivity contribution in [2.45, 2.75) is 6.10 Å². The predicted molar refractivity (Wildman–Crippen MR) is 86.6 cm³/mol. The second kappa shape index (κ2) is 6.88. The van der Waals surface area contributed by atoms with Gasteiger partial charge >= 0.3 is 0 Å². The van der Waals surface area contributed by atoms with Crippen LogP contribution >= 0.6 is 27.5 Å². The zero-order valence-electron chi connectivity index (χ0n) is 10.6. The SMILES string of the molecule is NC(CCl)=Nc1ccc(Br)cc1C(O)c1ccccc1. The molecule has 0 radical (unpaired) electrons. The van der Waals surface area contributed by atoms with Crippen LogP contribution in [-0.2, 0) is 0 Å². The van der Waals surface area contributed by atoms with Crippen LogP contribution in [0, 0.1) is 0 Å². The van der Waals surface area contributed by atoms with E-state index in [1.165, 1.54) is 0 Å². The summed E-state index contributed by atoms with van der Waals surface area (Å²) in [6.45, 7) is 0. The molecule has 0 saturated heterocycles. The molecule has 0 aromatic heterocycles. The van der Waals surface area contributed by atoms with Crippen LogP contribution in [0.4, 0.5) is 5.69 Å². The first-order chi connectivity index (χ1) is 9.61. The average Bonchev–Trinajstić information content (AvgIpc) is 2.49. The number of aliphatic hydroxyl groups is 1. The lowest BCUT2D eigenvalue weighted by atomic mass is 10.00. The number of halogens is 2. The van der Waals surface area contributed by atoms with Gasteiger partial charge in [-0.05, 0) is 23.8 Å². The molecule has 0 saturated carbocycles. The minimum Gasteiger partial charge on any atom is -0.386 e. The smallest absolute Gasteiger partial charge is 0.115 e. The van der Waals surface area contributed by atoms with E-state index in [0.717, 1.165) is 10.0 Å². The number of nitrogens with zero attached hydrogens (tertiary/aromatic N) is 1. The molecule has 3 N–H and O–H groups in total. The number of rotatable bonds is 4. The van der Waals surface area contributed by atoms with Crippen molar-refractivity contribution in [3.63, 3.8) is 0 Å². The molecule has 0 bridgehead atoms. The van der Waals surface area contributed by atoms with Crippen LogP contribution in [0.1, 0.15) is 17.2 Å². The summed E-state index contributed by atoms with van der Waals surface area (Å²) in [7, 11) is 0. The largest absolute Gasteiger partial charge is 0.386 e. The van der Waals surface area contributed by atoms with Gasteiger partial charge in [0.15, 0.2) is 0 Å². The van der Waals surface area contributed by atoms with Crippen molar-refractivity contribution in [2.75, 3.05) is 5.88 Å². The van der Waals surface area contributed by atoms with Crippen LogP contribution in [-0.4, -0.2) is 16.8 Å². The fourth-order valence-electron chi connectivity index (χ4n) is 1.85. The van der Waals surface area contributed by atoms with Gasteiger partial charge in [0.2, 0.25) is 0 Å². The highest BCUT2D eigenvalue weighted by molar-refractivity contribution is 9.10. The molecule has 0 aliphatic heterocycles. The van der Waals surface area contributed by atoms with Crippen molar-refractivity contribution >= 4 is 39.1 Å². The Bertz CT molecular complexity index is 617. The molecule has 104 valence electrons. The van der Waals surface area contributed by atoms with Gasteiger partial charge in [-0.15, -0.1) is 11.6 Å². The third-order valence-electron chi connectivity index (χ3n) is 2.80. The van der Waals surface area contributed by atoms with Gasteiger partial charge in [0.1, 0.15) is 11.9 Å². The minimum absolute atomic E-state index is 0.150. The monoisotopic (exact) mass is 352 g/mol. The van der Waals surface area contributed by atoms with Gasteiger partial charge < -0.3 is 10.8 Å². The number of hydrogen-bond donors (Lipinski definition) is 2. The Hall–Kier alpha value is -1.36. The first kappa shape index (κ1) is 15.0. The molecule has 0 spiro atoms. The molecule has 2 rings (SSSR count). The van der Waals surface area contributed by atoms with E-state index in [1.54, 1.807) is 6.07 Å². The number of amidine groups is 1. The Morgan fingerprint density at radius 3 is 2.60 bits per heavy atom. The summed E-state index contributed by atoms with van der Waals surface area (Å²) in [6, 6.07) is 14.9. The van der Waals surface area contributed by atoms with Crippen LogP contribution in [0.15, 0.2) is 58.0 Å². The Balaban J connectivity index is 2.47. The zero-order valence-corrected chi connectivity index (χ0v) is 13.0. The molecule has 1 unspecified atom stereocenters. The van der Waals surface area contributed by atoms with Gasteiger partial charge in [-0.1, -0.05) is 46.3 Å². The van der Waals surface area contributed by atoms with Crippen molar-refractivity contribution in [1.29, 1.82) is 0 Å². The first-order valence-corrected chi connectivity index (χ1v) is 7.36. The quantitative estimate of drug-likeness (QED) is 0.499. The van der Waals surface area contributed by atoms with Crippen molar-refractivity contribution in [3.8, 4) is 0 Å². The number of hydrogen-bond acceptors (Lipinski definition) is 2. The maximum Gasteiger partial charge on any atom is 0.115 e. The Morgan fingerprint density at radius 1 is 1.25 bits per heavy atom. The van der Waals surface area contributed by atoms with Crippen molar-refractivity contribution in [3.05, 3.63) is 64.1 Å². The Labute approximate surface area is 131 Å². The molecule has 2 aromatic carbocycles. The summed E-state index contributed by atoms with van der Waals surface area (Å²) in [5.41, 5.74) is 7.77. The lowest BCUT2D eigenvalue weighted by Gasteiger charge is -2.14. The average molecular weight is 354 g/mol. The number of aliphatic hydroxyl groups excluding tert-OH is 1. The van der Waals surface area contributed by atoms with Crippen LogP contribution in [0.25, 0.3) is 0 Å². The van der Waals surface area contributed by atoms with Gasteiger partial charge in [0.05, 0.1) is 11.6 Å². The van der Waals surface area contributed by atoms with E-state index in [4.69, 9.17) is 17.3 Å². The van der Waals surface area contributed by atoms with Crippen molar-refractivity contribution in [1.82, 2.24) is 0 Å².